The highest BCUT2D eigenvalue weighted by Crippen LogP contribution is 2.32. The predicted octanol–water partition coefficient (Wildman–Crippen LogP) is 4.26. The number of carbonyl (C=O) groups excluding carboxylic acids is 1. The molecule has 1 saturated heterocycles. The van der Waals surface area contributed by atoms with Crippen LogP contribution in [0.15, 0.2) is 48.5 Å². The van der Waals surface area contributed by atoms with Gasteiger partial charge in [-0.3, -0.25) is 4.79 Å². The Balaban J connectivity index is 1.34. The molecule has 0 spiro atoms. The second-order valence-corrected chi connectivity index (χ2v) is 8.31. The molecule has 1 aromatic heterocycles. The first-order valence-corrected chi connectivity index (χ1v) is 10.4. The van der Waals surface area contributed by atoms with Crippen LogP contribution in [0.1, 0.15) is 35.0 Å². The van der Waals surface area contributed by atoms with Crippen LogP contribution in [0.25, 0.3) is 10.9 Å². The highest BCUT2D eigenvalue weighted by Gasteiger charge is 2.24. The first-order chi connectivity index (χ1) is 13.7. The quantitative estimate of drug-likeness (QED) is 0.729. The van der Waals surface area contributed by atoms with Crippen molar-refractivity contribution in [3.8, 4) is 0 Å². The average molecular weight is 374 g/mol. The van der Waals surface area contributed by atoms with Gasteiger partial charge in [0, 0.05) is 54.0 Å². The van der Waals surface area contributed by atoms with Crippen LogP contribution in [0.4, 0.5) is 5.69 Å². The molecule has 4 heteroatoms. The molecule has 0 bridgehead atoms. The molecular weight excluding hydrogens is 346 g/mol. The van der Waals surface area contributed by atoms with E-state index in [4.69, 9.17) is 0 Å². The lowest BCUT2D eigenvalue weighted by molar-refractivity contribution is 0.0747. The van der Waals surface area contributed by atoms with Crippen molar-refractivity contribution in [1.82, 2.24) is 9.88 Å². The van der Waals surface area contributed by atoms with E-state index in [1.807, 2.05) is 17.0 Å². The summed E-state index contributed by atoms with van der Waals surface area (Å²) in [6.07, 6.45) is 3.48. The number of aromatic nitrogens is 1. The zero-order valence-corrected chi connectivity index (χ0v) is 16.4. The molecule has 4 nitrogen and oxygen atoms in total. The number of H-pyrrole nitrogens is 1. The zero-order valence-electron chi connectivity index (χ0n) is 16.4. The fourth-order valence-corrected chi connectivity index (χ4v) is 4.71. The van der Waals surface area contributed by atoms with Crippen molar-refractivity contribution in [3.63, 3.8) is 0 Å². The molecule has 2 heterocycles. The molecule has 5 rings (SSSR count). The average Bonchev–Trinajstić information content (AvgIpc) is 3.11. The zero-order chi connectivity index (χ0) is 19.1. The van der Waals surface area contributed by atoms with Crippen molar-refractivity contribution in [2.45, 2.75) is 26.2 Å². The first-order valence-electron chi connectivity index (χ1n) is 10.4. The normalized spacial score (nSPS) is 19.7. The van der Waals surface area contributed by atoms with Crippen LogP contribution in [-0.4, -0.2) is 42.0 Å². The second kappa shape index (κ2) is 7.01. The van der Waals surface area contributed by atoms with E-state index in [1.165, 1.54) is 34.3 Å². The van der Waals surface area contributed by atoms with Gasteiger partial charge in [-0.25, -0.2) is 0 Å². The van der Waals surface area contributed by atoms with E-state index in [-0.39, 0.29) is 5.91 Å². The molecule has 0 unspecified atom stereocenters. The van der Waals surface area contributed by atoms with E-state index in [0.717, 1.165) is 50.5 Å². The molecule has 0 radical (unpaired) electrons. The van der Waals surface area contributed by atoms with Gasteiger partial charge in [0.2, 0.25) is 0 Å². The van der Waals surface area contributed by atoms with Crippen molar-refractivity contribution in [2.75, 3.05) is 31.1 Å². The van der Waals surface area contributed by atoms with Crippen LogP contribution in [0.2, 0.25) is 0 Å². The van der Waals surface area contributed by atoms with Crippen molar-refractivity contribution in [2.24, 2.45) is 5.92 Å². The Kier molecular flexibility index (Phi) is 4.34. The summed E-state index contributed by atoms with van der Waals surface area (Å²) in [6, 6.07) is 16.7. The minimum absolute atomic E-state index is 0.161. The van der Waals surface area contributed by atoms with Crippen molar-refractivity contribution in [1.29, 1.82) is 0 Å². The Morgan fingerprint density at radius 3 is 2.61 bits per heavy atom. The number of para-hydroxylation sites is 1. The first kappa shape index (κ1) is 17.4. The van der Waals surface area contributed by atoms with Gasteiger partial charge in [-0.1, -0.05) is 25.1 Å². The van der Waals surface area contributed by atoms with Gasteiger partial charge in [0.15, 0.2) is 0 Å². The lowest BCUT2D eigenvalue weighted by Crippen LogP contribution is -2.48. The molecule has 1 N–H and O–H groups in total. The summed E-state index contributed by atoms with van der Waals surface area (Å²) in [4.78, 5) is 21.1. The minimum atomic E-state index is 0.161. The molecule has 1 fully saturated rings. The lowest BCUT2D eigenvalue weighted by atomic mass is 9.87. The van der Waals surface area contributed by atoms with E-state index in [2.05, 4.69) is 53.2 Å². The number of piperazine rings is 1. The lowest BCUT2D eigenvalue weighted by Gasteiger charge is -2.36. The smallest absolute Gasteiger partial charge is 0.253 e. The summed E-state index contributed by atoms with van der Waals surface area (Å²) in [5.41, 5.74) is 6.03. The van der Waals surface area contributed by atoms with Gasteiger partial charge in [0.1, 0.15) is 0 Å². The number of carbonyl (C=O) groups is 1. The number of amides is 1. The standard InChI is InChI=1S/C24H27N3O/c1-17-7-9-22-20(15-17)21-16-18(8-10-23(21)25-22)24(28)27-13-11-26(12-14-27)19-5-3-2-4-6-19/h2-6,8,10,16-17,25H,7,9,11-15H2,1H3/t17-/m1/s1. The Morgan fingerprint density at radius 2 is 1.82 bits per heavy atom. The molecule has 1 amide bonds. The largest absolute Gasteiger partial charge is 0.368 e. The SMILES string of the molecule is C[C@@H]1CCc2[nH]c3ccc(C(=O)N4CCN(c5ccccc5)CC4)cc3c2C1. The molecule has 2 aromatic carbocycles. The van der Waals surface area contributed by atoms with Gasteiger partial charge in [-0.15, -0.1) is 0 Å². The topological polar surface area (TPSA) is 39.3 Å². The van der Waals surface area contributed by atoms with E-state index in [9.17, 15) is 4.79 Å². The molecule has 1 aliphatic heterocycles. The number of fused-ring (bicyclic) bond motifs is 3. The third-order valence-corrected chi connectivity index (χ3v) is 6.37. The highest BCUT2D eigenvalue weighted by molar-refractivity contribution is 5.99. The summed E-state index contributed by atoms with van der Waals surface area (Å²) in [6.45, 7) is 5.63. The predicted molar refractivity (Wildman–Crippen MR) is 114 cm³/mol. The number of nitrogens with zero attached hydrogens (tertiary/aromatic N) is 2. The Hall–Kier alpha value is -2.75. The van der Waals surface area contributed by atoms with Crippen LogP contribution >= 0.6 is 0 Å². The number of hydrogen-bond acceptors (Lipinski definition) is 2. The third kappa shape index (κ3) is 3.07. The van der Waals surface area contributed by atoms with Gasteiger partial charge < -0.3 is 14.8 Å². The molecule has 3 aromatic rings. The van der Waals surface area contributed by atoms with E-state index < -0.39 is 0 Å². The van der Waals surface area contributed by atoms with Gasteiger partial charge in [-0.2, -0.15) is 0 Å². The van der Waals surface area contributed by atoms with Crippen molar-refractivity contribution < 1.29 is 4.79 Å². The summed E-state index contributed by atoms with van der Waals surface area (Å²) >= 11 is 0. The number of hydrogen-bond donors (Lipinski definition) is 1. The van der Waals surface area contributed by atoms with E-state index in [0.29, 0.717) is 0 Å². The Bertz CT molecular complexity index is 999. The van der Waals surface area contributed by atoms with Gasteiger partial charge in [-0.05, 0) is 61.1 Å². The number of aromatic amines is 1. The number of nitrogens with one attached hydrogen (secondary N) is 1. The van der Waals surface area contributed by atoms with Crippen molar-refractivity contribution >= 4 is 22.5 Å². The summed E-state index contributed by atoms with van der Waals surface area (Å²) in [5, 5.41) is 1.25. The van der Waals surface area contributed by atoms with Crippen LogP contribution in [0.5, 0.6) is 0 Å². The number of benzene rings is 2. The maximum absolute atomic E-state index is 13.1. The minimum Gasteiger partial charge on any atom is -0.368 e. The van der Waals surface area contributed by atoms with Crippen LogP contribution in [0, 0.1) is 5.92 Å². The van der Waals surface area contributed by atoms with Gasteiger partial charge in [0.05, 0.1) is 0 Å². The fraction of sp³-hybridized carbons (Fsp3) is 0.375. The van der Waals surface area contributed by atoms with Gasteiger partial charge >= 0.3 is 0 Å². The number of rotatable bonds is 2. The molecule has 1 atom stereocenters. The monoisotopic (exact) mass is 373 g/mol. The second-order valence-electron chi connectivity index (χ2n) is 8.31. The third-order valence-electron chi connectivity index (χ3n) is 6.37. The van der Waals surface area contributed by atoms with Crippen LogP contribution in [0.3, 0.4) is 0 Å². The van der Waals surface area contributed by atoms with E-state index in [1.54, 1.807) is 0 Å². The van der Waals surface area contributed by atoms with Crippen LogP contribution in [-0.2, 0) is 12.8 Å². The Labute approximate surface area is 166 Å². The number of aryl methyl sites for hydroxylation is 1. The molecule has 2 aliphatic rings. The summed E-state index contributed by atoms with van der Waals surface area (Å²) in [7, 11) is 0. The molecule has 0 saturated carbocycles. The fourth-order valence-electron chi connectivity index (χ4n) is 4.71. The molecule has 28 heavy (non-hydrogen) atoms. The molecular formula is C24H27N3O. The molecule has 144 valence electrons. The highest BCUT2D eigenvalue weighted by atomic mass is 16.2. The maximum Gasteiger partial charge on any atom is 0.253 e. The van der Waals surface area contributed by atoms with Crippen LogP contribution < -0.4 is 4.90 Å². The summed E-state index contributed by atoms with van der Waals surface area (Å²) < 4.78 is 0. The summed E-state index contributed by atoms with van der Waals surface area (Å²) in [5.74, 6) is 0.880. The number of anilines is 1. The maximum atomic E-state index is 13.1. The Morgan fingerprint density at radius 1 is 1.04 bits per heavy atom. The van der Waals surface area contributed by atoms with E-state index >= 15 is 0 Å². The van der Waals surface area contributed by atoms with Gasteiger partial charge in [0.25, 0.3) is 5.91 Å². The molecule has 1 aliphatic carbocycles. The van der Waals surface area contributed by atoms with Crippen molar-refractivity contribution in [3.05, 3.63) is 65.4 Å².